The standard InChI is InChI=1S/C26H22ClN7O2S.C24H25N9O.C14H8Cl2N4O2S.C12H15N3O3.C7H2Cl2N4.C5H10N2O/c1-15-5-7-21(8-6-15)37(35,36)34-12-19(11-28)23-24(31-26(27)32-25(23)34)30-22-13-33(14-29-22)20-9-16(2)18(4)17(3)10-20;1-13-7-17(8-14(2)15(13)3)32-11-19(28-12-32)29-23-20-16(9-25)10-27-22(20)30-24(31-23)33-6-4-5-18(33)21(26)34;1-8-2-4-10(5-3-8)23(21,22)20-7-9(6-17)11-12(15)18-14(16)19-13(11)20;1-16-9-4-8(15-6-11(13)14-7-15)5-10(17-2)12(9)18-3;8-5-4-3(1-10)2-11-6(4)13-7(9)12-5;6-5(8)4-2-1-3-7-4/h5-10,12-14H,1-4H3,(H,30,31,32);7-8,10-12,18H,4-6H2,1-3H3,(H2,26,34)(H2,27,29,30,31);2-5,7H,1H3;4-7H,13H2,1-3H3;2H,(H,11,12,13);4,7H,1-3H2,(H2,6,8)/t;18-;;;;4-/m.0...0/s1. The Balaban J connectivity index is 0.000000143. The predicted molar refractivity (Wildman–Crippen MR) is 504 cm³/mol. The van der Waals surface area contributed by atoms with Crippen molar-refractivity contribution in [3.05, 3.63) is 240 Å². The normalized spacial score (nSPS) is 13.3. The summed E-state index contributed by atoms with van der Waals surface area (Å²) in [5.74, 6) is 3.54. The van der Waals surface area contributed by atoms with Gasteiger partial charge in [0.1, 0.15) is 100.0 Å². The number of imidazole rings is 3. The molecule has 680 valence electrons. The molecule has 11 aromatic heterocycles. The van der Waals surface area contributed by atoms with Crippen LogP contribution in [0.1, 0.15) is 92.4 Å². The quantitative estimate of drug-likeness (QED) is 0.0310. The smallest absolute Gasteiger partial charge is 0.269 e. The molecule has 2 aliphatic heterocycles. The summed E-state index contributed by atoms with van der Waals surface area (Å²) in [5, 5.41) is 47.9. The molecule has 2 fully saturated rings. The molecule has 16 aromatic rings. The fourth-order valence-corrected chi connectivity index (χ4v) is 18.1. The summed E-state index contributed by atoms with van der Waals surface area (Å²) < 4.78 is 75.7. The first-order valence-corrected chi connectivity index (χ1v) is 44.9. The number of nitrogens with two attached hydrogens (primary N) is 3. The predicted octanol–water partition coefficient (Wildman–Crippen LogP) is 14.5. The molecule has 0 unspecified atom stereocenters. The van der Waals surface area contributed by atoms with E-state index in [1.807, 2.05) is 64.4 Å². The number of nitriles is 4. The zero-order valence-electron chi connectivity index (χ0n) is 72.8. The highest BCUT2D eigenvalue weighted by molar-refractivity contribution is 7.90. The van der Waals surface area contributed by atoms with Crippen LogP contribution in [0, 0.1) is 101 Å². The number of halogens is 5. The fourth-order valence-electron chi connectivity index (χ4n) is 14.3. The van der Waals surface area contributed by atoms with Gasteiger partial charge in [0.2, 0.25) is 39.4 Å². The minimum atomic E-state index is -4.05. The number of nitrogens with zero attached hydrogens (tertiary/aromatic N) is 21. The molecule has 38 nitrogen and oxygen atoms in total. The number of rotatable bonds is 17. The Morgan fingerprint density at radius 3 is 1.37 bits per heavy atom. The van der Waals surface area contributed by atoms with Crippen molar-refractivity contribution in [3.8, 4) is 58.6 Å². The fraction of sp³-hybridized carbons (Fsp3) is 0.216. The average Bonchev–Trinajstić information content (AvgIpc) is 1.60. The third-order valence-corrected chi connectivity index (χ3v) is 26.0. The number of hydrogen-bond donors (Lipinski definition) is 8. The zero-order chi connectivity index (χ0) is 95.8. The number of benzene rings is 5. The number of aromatic amines is 2. The van der Waals surface area contributed by atoms with Crippen molar-refractivity contribution in [1.82, 2.24) is 91.8 Å². The third kappa shape index (κ3) is 20.8. The van der Waals surface area contributed by atoms with Crippen LogP contribution in [-0.4, -0.2) is 162 Å². The van der Waals surface area contributed by atoms with Crippen molar-refractivity contribution in [2.75, 3.05) is 55.7 Å². The second-order valence-corrected chi connectivity index (χ2v) is 35.5. The molecule has 0 aliphatic carbocycles. The maximum absolute atomic E-state index is 13.4. The van der Waals surface area contributed by atoms with Crippen LogP contribution in [0.5, 0.6) is 17.2 Å². The van der Waals surface area contributed by atoms with Crippen molar-refractivity contribution in [1.29, 1.82) is 21.0 Å². The number of fused-ring (bicyclic) bond motifs is 4. The van der Waals surface area contributed by atoms with Crippen LogP contribution in [0.4, 0.5) is 35.0 Å². The van der Waals surface area contributed by atoms with Crippen LogP contribution >= 0.6 is 58.0 Å². The number of primary amides is 2. The molecule has 2 amide bonds. The molecule has 2 aliphatic rings. The molecule has 0 saturated carbocycles. The molecular weight excluding hydrogens is 1850 g/mol. The second-order valence-electron chi connectivity index (χ2n) is 30.2. The van der Waals surface area contributed by atoms with E-state index in [2.05, 4.69) is 153 Å². The van der Waals surface area contributed by atoms with Crippen molar-refractivity contribution in [2.24, 2.45) is 11.5 Å². The minimum Gasteiger partial charge on any atom is -0.493 e. The van der Waals surface area contributed by atoms with E-state index in [9.17, 15) is 42.2 Å². The van der Waals surface area contributed by atoms with Gasteiger partial charge in [-0.2, -0.15) is 51.0 Å². The topological polar surface area (TPSA) is 541 Å². The molecule has 2 atom stereocenters. The van der Waals surface area contributed by atoms with Crippen molar-refractivity contribution < 1.29 is 40.6 Å². The molecule has 0 bridgehead atoms. The van der Waals surface area contributed by atoms with E-state index >= 15 is 0 Å². The number of H-pyrrole nitrogens is 2. The van der Waals surface area contributed by atoms with E-state index in [4.69, 9.17) is 94.7 Å². The Kier molecular flexibility index (Phi) is 29.2. The van der Waals surface area contributed by atoms with Crippen LogP contribution in [0.15, 0.2) is 157 Å². The first-order valence-electron chi connectivity index (χ1n) is 40.1. The van der Waals surface area contributed by atoms with Gasteiger partial charge in [0.05, 0.1) is 105 Å². The van der Waals surface area contributed by atoms with E-state index < -0.39 is 32.0 Å². The number of carbonyl (C=O) groups excluding carboxylic acids is 2. The molecule has 18 rings (SSSR count). The lowest BCUT2D eigenvalue weighted by Crippen LogP contribution is -2.41. The average molecular weight is 1930 g/mol. The number of aromatic nitrogens is 18. The van der Waals surface area contributed by atoms with E-state index in [0.29, 0.717) is 92.6 Å². The largest absolute Gasteiger partial charge is 0.493 e. The highest BCUT2D eigenvalue weighted by Gasteiger charge is 2.34. The van der Waals surface area contributed by atoms with Crippen LogP contribution < -0.4 is 52.3 Å². The minimum absolute atomic E-state index is 0.0103. The number of ether oxygens (including phenoxy) is 3. The highest BCUT2D eigenvalue weighted by atomic mass is 35.5. The Morgan fingerprint density at radius 1 is 0.489 bits per heavy atom. The van der Waals surface area contributed by atoms with Crippen LogP contribution in [0.2, 0.25) is 26.2 Å². The summed E-state index contributed by atoms with van der Waals surface area (Å²) in [5.41, 5.74) is 30.0. The first-order chi connectivity index (χ1) is 63.5. The van der Waals surface area contributed by atoms with Gasteiger partial charge in [-0.05, 0) is 204 Å². The summed E-state index contributed by atoms with van der Waals surface area (Å²) in [6, 6.07) is 32.3. The summed E-state index contributed by atoms with van der Waals surface area (Å²) in [7, 11) is -3.29. The van der Waals surface area contributed by atoms with Gasteiger partial charge in [-0.3, -0.25) is 9.59 Å². The van der Waals surface area contributed by atoms with Gasteiger partial charge in [-0.15, -0.1) is 0 Å². The monoisotopic (exact) mass is 1930 g/mol. The molecule has 133 heavy (non-hydrogen) atoms. The lowest BCUT2D eigenvalue weighted by Gasteiger charge is -2.22. The summed E-state index contributed by atoms with van der Waals surface area (Å²) >= 11 is 29.3. The van der Waals surface area contributed by atoms with E-state index in [1.165, 1.54) is 58.9 Å². The van der Waals surface area contributed by atoms with Gasteiger partial charge in [0.15, 0.2) is 22.8 Å². The lowest BCUT2D eigenvalue weighted by atomic mass is 10.0. The Hall–Kier alpha value is -15.0. The Labute approximate surface area is 786 Å². The SMILES string of the molecule is COc1cc(-n2cnc(N)c2)cc(OC)c1OC.Cc1cc(-n2cnc(Nc3nc(N4CCC[C@H]4C(N)=O)nc4[nH]cc(C#N)c34)c2)cc(C)c1C.Cc1ccc(S(=O)(=O)n2cc(C#N)c3c(Cl)nc(Cl)nc32)cc1.Cc1ccc(S(=O)(=O)n2cc(C#N)c3c(Nc4cn(-c5cc(C)c(C)c(C)c5)cn4)nc(Cl)nc32)cc1.N#Cc1c[nH]c2nc(Cl)nc(Cl)c12.NC(=O)[C@@H]1CCCN1. The number of carbonyl (C=O) groups is 2. The Morgan fingerprint density at radius 2 is 0.925 bits per heavy atom. The summed E-state index contributed by atoms with van der Waals surface area (Å²) in [4.78, 5) is 75.9. The van der Waals surface area contributed by atoms with Gasteiger partial charge < -0.3 is 75.9 Å². The third-order valence-electron chi connectivity index (χ3n) is 21.6. The number of aryl methyl sites for hydroxylation is 6. The maximum atomic E-state index is 13.4. The number of anilines is 6. The maximum Gasteiger partial charge on any atom is 0.269 e. The van der Waals surface area contributed by atoms with Crippen LogP contribution in [0.3, 0.4) is 0 Å². The molecule has 0 radical (unpaired) electrons. The Bertz CT molecular complexity index is 7540. The van der Waals surface area contributed by atoms with Crippen LogP contribution in [-0.2, 0) is 29.6 Å². The molecule has 45 heteroatoms. The van der Waals surface area contributed by atoms with E-state index in [0.717, 1.165) is 79.3 Å². The van der Waals surface area contributed by atoms with Gasteiger partial charge >= 0.3 is 0 Å². The van der Waals surface area contributed by atoms with Gasteiger partial charge in [0.25, 0.3) is 20.0 Å². The molecule has 0 spiro atoms. The number of hydrogen-bond acceptors (Lipinski definition) is 29. The van der Waals surface area contributed by atoms with Crippen molar-refractivity contribution in [3.63, 3.8) is 0 Å². The molecule has 2 saturated heterocycles. The number of nitrogens with one attached hydrogen (secondary N) is 5. The first kappa shape index (κ1) is 95.6. The van der Waals surface area contributed by atoms with Gasteiger partial charge in [-0.1, -0.05) is 58.6 Å². The molecule has 13 heterocycles. The number of methoxy groups -OCH3 is 3. The molecular formula is C88H82Cl5N29O9S2. The van der Waals surface area contributed by atoms with E-state index in [1.54, 1.807) is 87.7 Å². The summed E-state index contributed by atoms with van der Waals surface area (Å²) in [6.07, 6.45) is 19.3. The van der Waals surface area contributed by atoms with Crippen LogP contribution in [0.25, 0.3) is 61.2 Å². The van der Waals surface area contributed by atoms with Gasteiger partial charge in [0, 0.05) is 54.8 Å². The van der Waals surface area contributed by atoms with E-state index in [-0.39, 0.29) is 86.9 Å². The number of amides is 2. The number of nitrogen functional groups attached to an aromatic ring is 1. The molecule has 5 aromatic carbocycles. The second kappa shape index (κ2) is 40.6. The van der Waals surface area contributed by atoms with Crippen molar-refractivity contribution in [2.45, 2.75) is 103 Å². The molecule has 11 N–H and O–H groups in total. The lowest BCUT2D eigenvalue weighted by molar-refractivity contribution is -0.120. The van der Waals surface area contributed by atoms with Crippen molar-refractivity contribution >= 4 is 169 Å². The highest BCUT2D eigenvalue weighted by Crippen LogP contribution is 2.41. The van der Waals surface area contributed by atoms with Gasteiger partial charge in [-0.25, -0.2) is 49.7 Å². The zero-order valence-corrected chi connectivity index (χ0v) is 78.2. The summed E-state index contributed by atoms with van der Waals surface area (Å²) in [6.45, 7) is 17.8.